The molecule has 4 heteroatoms. The first-order valence-corrected chi connectivity index (χ1v) is 4.66. The van der Waals surface area contributed by atoms with Gasteiger partial charge in [0.15, 0.2) is 0 Å². The molecule has 1 fully saturated rings. The molecule has 3 nitrogen and oxygen atoms in total. The van der Waals surface area contributed by atoms with Crippen LogP contribution < -0.4 is 0 Å². The molecule has 1 aliphatic heterocycles. The van der Waals surface area contributed by atoms with E-state index >= 15 is 0 Å². The van der Waals surface area contributed by atoms with Crippen LogP contribution in [0.1, 0.15) is 25.5 Å². The fourth-order valence-corrected chi connectivity index (χ4v) is 1.59. The second kappa shape index (κ2) is 3.49. The molecule has 1 aromatic heterocycles. The third-order valence-electron chi connectivity index (χ3n) is 2.04. The van der Waals surface area contributed by atoms with Gasteiger partial charge in [0.05, 0.1) is 6.20 Å². The van der Waals surface area contributed by atoms with E-state index in [-0.39, 0.29) is 6.23 Å². The second-order valence-corrected chi connectivity index (χ2v) is 3.52. The standard InChI is InChI=1S/C8H12N2OS/c12-7-5-9-10(6-7)8-3-1-2-4-11-8/h5-6,8,12H,1-4H2. The molecule has 1 atom stereocenters. The Morgan fingerprint density at radius 3 is 3.08 bits per heavy atom. The minimum absolute atomic E-state index is 0.139. The summed E-state index contributed by atoms with van der Waals surface area (Å²) in [4.78, 5) is 0.893. The zero-order chi connectivity index (χ0) is 8.39. The maximum atomic E-state index is 5.54. The smallest absolute Gasteiger partial charge is 0.150 e. The summed E-state index contributed by atoms with van der Waals surface area (Å²) in [7, 11) is 0. The first kappa shape index (κ1) is 8.13. The van der Waals surface area contributed by atoms with Crippen LogP contribution in [0.3, 0.4) is 0 Å². The van der Waals surface area contributed by atoms with Crippen LogP contribution in [0.4, 0.5) is 0 Å². The highest BCUT2D eigenvalue weighted by atomic mass is 32.1. The topological polar surface area (TPSA) is 27.1 Å². The molecule has 0 aromatic carbocycles. The predicted octanol–water partition coefficient (Wildman–Crippen LogP) is 1.87. The molecule has 0 amide bonds. The predicted molar refractivity (Wildman–Crippen MR) is 48.3 cm³/mol. The van der Waals surface area contributed by atoms with Crippen molar-refractivity contribution in [3.63, 3.8) is 0 Å². The summed E-state index contributed by atoms with van der Waals surface area (Å²) < 4.78 is 7.39. The van der Waals surface area contributed by atoms with Gasteiger partial charge < -0.3 is 4.74 Å². The maximum absolute atomic E-state index is 5.54. The molecule has 0 saturated carbocycles. The molecule has 2 rings (SSSR count). The molecular formula is C8H12N2OS. The molecule has 1 saturated heterocycles. The highest BCUT2D eigenvalue weighted by molar-refractivity contribution is 7.80. The minimum atomic E-state index is 0.139. The Labute approximate surface area is 77.1 Å². The van der Waals surface area contributed by atoms with Crippen LogP contribution in [0, 0.1) is 0 Å². The molecular weight excluding hydrogens is 172 g/mol. The minimum Gasteiger partial charge on any atom is -0.357 e. The molecule has 0 bridgehead atoms. The van der Waals surface area contributed by atoms with Gasteiger partial charge in [0.25, 0.3) is 0 Å². The maximum Gasteiger partial charge on any atom is 0.150 e. The Hall–Kier alpha value is -0.480. The van der Waals surface area contributed by atoms with E-state index in [1.54, 1.807) is 6.20 Å². The highest BCUT2D eigenvalue weighted by Crippen LogP contribution is 2.22. The molecule has 1 aliphatic rings. The van der Waals surface area contributed by atoms with Crippen molar-refractivity contribution in [1.82, 2.24) is 9.78 Å². The van der Waals surface area contributed by atoms with Crippen LogP contribution >= 0.6 is 12.6 Å². The van der Waals surface area contributed by atoms with E-state index < -0.39 is 0 Å². The highest BCUT2D eigenvalue weighted by Gasteiger charge is 2.15. The summed E-state index contributed by atoms with van der Waals surface area (Å²) in [6.45, 7) is 0.854. The molecule has 0 N–H and O–H groups in total. The van der Waals surface area contributed by atoms with E-state index in [9.17, 15) is 0 Å². The third kappa shape index (κ3) is 1.64. The SMILES string of the molecule is Sc1cnn(C2CCCCO2)c1. The van der Waals surface area contributed by atoms with Gasteiger partial charge in [-0.2, -0.15) is 5.10 Å². The van der Waals surface area contributed by atoms with Gasteiger partial charge in [-0.1, -0.05) is 0 Å². The quantitative estimate of drug-likeness (QED) is 0.675. The number of nitrogens with zero attached hydrogens (tertiary/aromatic N) is 2. The lowest BCUT2D eigenvalue weighted by atomic mass is 10.2. The monoisotopic (exact) mass is 184 g/mol. The van der Waals surface area contributed by atoms with Gasteiger partial charge in [0, 0.05) is 17.7 Å². The van der Waals surface area contributed by atoms with Crippen molar-refractivity contribution in [2.24, 2.45) is 0 Å². The van der Waals surface area contributed by atoms with Crippen molar-refractivity contribution in [3.8, 4) is 0 Å². The number of thiol groups is 1. The van der Waals surface area contributed by atoms with Crippen LogP contribution in [0.15, 0.2) is 17.3 Å². The second-order valence-electron chi connectivity index (χ2n) is 3.00. The van der Waals surface area contributed by atoms with E-state index in [0.29, 0.717) is 0 Å². The van der Waals surface area contributed by atoms with Crippen molar-refractivity contribution >= 4 is 12.6 Å². The number of aromatic nitrogens is 2. The average molecular weight is 184 g/mol. The Morgan fingerprint density at radius 1 is 1.58 bits per heavy atom. The van der Waals surface area contributed by atoms with E-state index in [0.717, 1.165) is 17.9 Å². The molecule has 66 valence electrons. The van der Waals surface area contributed by atoms with Gasteiger partial charge in [0.2, 0.25) is 0 Å². The lowest BCUT2D eigenvalue weighted by Gasteiger charge is -2.22. The van der Waals surface area contributed by atoms with Crippen LogP contribution in [0.5, 0.6) is 0 Å². The molecule has 1 unspecified atom stereocenters. The van der Waals surface area contributed by atoms with Gasteiger partial charge in [-0.15, -0.1) is 12.6 Å². The third-order valence-corrected chi connectivity index (χ3v) is 2.27. The van der Waals surface area contributed by atoms with Gasteiger partial charge in [-0.25, -0.2) is 4.68 Å². The summed E-state index contributed by atoms with van der Waals surface area (Å²) in [5.41, 5.74) is 0. The summed E-state index contributed by atoms with van der Waals surface area (Å²) in [6, 6.07) is 0. The number of rotatable bonds is 1. The van der Waals surface area contributed by atoms with Crippen molar-refractivity contribution in [3.05, 3.63) is 12.4 Å². The lowest BCUT2D eigenvalue weighted by molar-refractivity contribution is -0.0396. The van der Waals surface area contributed by atoms with Crippen molar-refractivity contribution in [2.45, 2.75) is 30.4 Å². The molecule has 1 aromatic rings. The molecule has 12 heavy (non-hydrogen) atoms. The Kier molecular flexibility index (Phi) is 2.37. The van der Waals surface area contributed by atoms with Crippen molar-refractivity contribution in [2.75, 3.05) is 6.61 Å². The van der Waals surface area contributed by atoms with Gasteiger partial charge in [0.1, 0.15) is 6.23 Å². The number of ether oxygens (including phenoxy) is 1. The summed E-state index contributed by atoms with van der Waals surface area (Å²) in [6.07, 6.45) is 7.24. The molecule has 0 aliphatic carbocycles. The van der Waals surface area contributed by atoms with Crippen LogP contribution in [0.2, 0.25) is 0 Å². The average Bonchev–Trinajstić information content (AvgIpc) is 2.54. The Morgan fingerprint density at radius 2 is 2.50 bits per heavy atom. The Bertz CT molecular complexity index is 255. The lowest BCUT2D eigenvalue weighted by Crippen LogP contribution is -2.18. The van der Waals surface area contributed by atoms with Gasteiger partial charge >= 0.3 is 0 Å². The first-order valence-electron chi connectivity index (χ1n) is 4.21. The Balaban J connectivity index is 2.08. The summed E-state index contributed by atoms with van der Waals surface area (Å²) in [5, 5.41) is 4.15. The van der Waals surface area contributed by atoms with Gasteiger partial charge in [-0.3, -0.25) is 0 Å². The zero-order valence-electron chi connectivity index (χ0n) is 6.81. The number of hydrogen-bond acceptors (Lipinski definition) is 3. The molecule has 0 radical (unpaired) electrons. The summed E-state index contributed by atoms with van der Waals surface area (Å²) in [5.74, 6) is 0. The van der Waals surface area contributed by atoms with Crippen molar-refractivity contribution in [1.29, 1.82) is 0 Å². The molecule has 0 spiro atoms. The van der Waals surface area contributed by atoms with Crippen LogP contribution in [0.25, 0.3) is 0 Å². The largest absolute Gasteiger partial charge is 0.357 e. The fraction of sp³-hybridized carbons (Fsp3) is 0.625. The van der Waals surface area contributed by atoms with E-state index in [1.807, 2.05) is 10.9 Å². The molecule has 2 heterocycles. The van der Waals surface area contributed by atoms with E-state index in [2.05, 4.69) is 17.7 Å². The van der Waals surface area contributed by atoms with E-state index in [4.69, 9.17) is 4.74 Å². The normalized spacial score (nSPS) is 24.2. The van der Waals surface area contributed by atoms with E-state index in [1.165, 1.54) is 12.8 Å². The first-order chi connectivity index (χ1) is 5.86. The van der Waals surface area contributed by atoms with Crippen LogP contribution in [-0.2, 0) is 4.74 Å². The zero-order valence-corrected chi connectivity index (χ0v) is 7.70. The van der Waals surface area contributed by atoms with Crippen molar-refractivity contribution < 1.29 is 4.74 Å². The van der Waals surface area contributed by atoms with Crippen LogP contribution in [-0.4, -0.2) is 16.4 Å². The fourth-order valence-electron chi connectivity index (χ4n) is 1.42. The van der Waals surface area contributed by atoms with Gasteiger partial charge in [-0.05, 0) is 19.3 Å². The summed E-state index contributed by atoms with van der Waals surface area (Å²) >= 11 is 4.19. The number of hydrogen-bond donors (Lipinski definition) is 1.